The van der Waals surface area contributed by atoms with Gasteiger partial charge in [0.25, 0.3) is 0 Å². The summed E-state index contributed by atoms with van der Waals surface area (Å²) in [4.78, 5) is 11.1. The van der Waals surface area contributed by atoms with Gasteiger partial charge in [0.2, 0.25) is 0 Å². The topological polar surface area (TPSA) is 35.5 Å². The number of rotatable bonds is 8. The van der Waals surface area contributed by atoms with Crippen LogP contribution in [0.3, 0.4) is 0 Å². The van der Waals surface area contributed by atoms with Crippen LogP contribution >= 0.6 is 0 Å². The van der Waals surface area contributed by atoms with Crippen molar-refractivity contribution >= 4 is 5.78 Å². The molecule has 0 aliphatic carbocycles. The van der Waals surface area contributed by atoms with Crippen LogP contribution in [-0.2, 0) is 14.3 Å². The Kier molecular flexibility index (Phi) is 7.60. The Hall–Kier alpha value is -0.410. The Labute approximate surface area is 99.5 Å². The zero-order chi connectivity index (χ0) is 12.6. The van der Waals surface area contributed by atoms with E-state index < -0.39 is 0 Å². The molecule has 3 nitrogen and oxygen atoms in total. The number of hydrogen-bond donors (Lipinski definition) is 0. The minimum absolute atomic E-state index is 0.148. The smallest absolute Gasteiger partial charge is 0.158 e. The molecule has 0 aromatic rings. The van der Waals surface area contributed by atoms with E-state index in [4.69, 9.17) is 9.47 Å². The van der Waals surface area contributed by atoms with Gasteiger partial charge < -0.3 is 9.47 Å². The Morgan fingerprint density at radius 3 is 2.44 bits per heavy atom. The van der Waals surface area contributed by atoms with Gasteiger partial charge in [0, 0.05) is 26.7 Å². The normalized spacial score (nSPS) is 13.8. The molecule has 0 fully saturated rings. The molecule has 0 N–H and O–H groups in total. The lowest BCUT2D eigenvalue weighted by Crippen LogP contribution is -2.22. The van der Waals surface area contributed by atoms with E-state index in [9.17, 15) is 4.79 Å². The second-order valence-corrected chi connectivity index (χ2v) is 5.42. The highest BCUT2D eigenvalue weighted by Gasteiger charge is 2.19. The van der Waals surface area contributed by atoms with E-state index in [1.54, 1.807) is 7.11 Å². The first kappa shape index (κ1) is 15.6. The minimum Gasteiger partial charge on any atom is -0.381 e. The van der Waals surface area contributed by atoms with Crippen molar-refractivity contribution in [1.82, 2.24) is 0 Å². The highest BCUT2D eigenvalue weighted by molar-refractivity contribution is 5.79. The summed E-state index contributed by atoms with van der Waals surface area (Å²) in [7, 11) is 1.54. The van der Waals surface area contributed by atoms with Crippen molar-refractivity contribution in [1.29, 1.82) is 0 Å². The zero-order valence-electron chi connectivity index (χ0n) is 11.3. The molecule has 1 unspecified atom stereocenters. The van der Waals surface area contributed by atoms with Crippen LogP contribution in [0.5, 0.6) is 0 Å². The summed E-state index contributed by atoms with van der Waals surface area (Å²) in [5.74, 6) is 0.678. The number of methoxy groups -OCH3 is 1. The van der Waals surface area contributed by atoms with Crippen molar-refractivity contribution in [3.8, 4) is 0 Å². The molecule has 96 valence electrons. The average Bonchev–Trinajstić information content (AvgIpc) is 2.16. The number of Topliss-reactive ketones (excluding diaryl/α,β-unsaturated/α-hetero) is 1. The van der Waals surface area contributed by atoms with Crippen LogP contribution in [0.25, 0.3) is 0 Å². The van der Waals surface area contributed by atoms with Gasteiger partial charge in [0.15, 0.2) is 5.78 Å². The Balaban J connectivity index is 3.44. The summed E-state index contributed by atoms with van der Waals surface area (Å²) in [6.45, 7) is 10.5. The van der Waals surface area contributed by atoms with Crippen molar-refractivity contribution < 1.29 is 14.3 Å². The number of ether oxygens (including phenoxy) is 2. The average molecular weight is 230 g/mol. The lowest BCUT2D eigenvalue weighted by Gasteiger charge is -2.26. The molecule has 0 aliphatic heterocycles. The molecule has 16 heavy (non-hydrogen) atoms. The van der Waals surface area contributed by atoms with Crippen molar-refractivity contribution in [2.45, 2.75) is 40.5 Å². The maximum atomic E-state index is 11.1. The molecule has 0 aromatic carbocycles. The summed E-state index contributed by atoms with van der Waals surface area (Å²) in [6, 6.07) is 0. The summed E-state index contributed by atoms with van der Waals surface area (Å²) >= 11 is 0. The van der Waals surface area contributed by atoms with Crippen LogP contribution in [0, 0.1) is 11.3 Å². The number of carbonyl (C=O) groups excluding carboxylic acids is 1. The predicted octanol–water partition coefficient (Wildman–Crippen LogP) is 2.68. The standard InChI is InChI=1S/C13H26O3/c1-11(13(2,3)4)9-16-8-6-7-12(14)10-15-5/h11H,6-10H2,1-5H3. The maximum Gasteiger partial charge on any atom is 0.158 e. The Morgan fingerprint density at radius 2 is 1.94 bits per heavy atom. The monoisotopic (exact) mass is 230 g/mol. The molecular weight excluding hydrogens is 204 g/mol. The fraction of sp³-hybridized carbons (Fsp3) is 0.923. The third-order valence-corrected chi connectivity index (χ3v) is 2.90. The first-order chi connectivity index (χ1) is 7.38. The van der Waals surface area contributed by atoms with Crippen LogP contribution in [0.1, 0.15) is 40.5 Å². The van der Waals surface area contributed by atoms with Gasteiger partial charge in [0.05, 0.1) is 0 Å². The van der Waals surface area contributed by atoms with Crippen molar-refractivity contribution in [3.63, 3.8) is 0 Å². The molecule has 0 aliphatic rings. The van der Waals surface area contributed by atoms with Crippen molar-refractivity contribution in [2.24, 2.45) is 11.3 Å². The van der Waals surface area contributed by atoms with E-state index in [0.717, 1.165) is 13.0 Å². The summed E-state index contributed by atoms with van der Waals surface area (Å²) in [6.07, 6.45) is 1.34. The highest BCUT2D eigenvalue weighted by Crippen LogP contribution is 2.25. The van der Waals surface area contributed by atoms with Gasteiger partial charge in [-0.3, -0.25) is 4.79 Å². The minimum atomic E-state index is 0.148. The number of carbonyl (C=O) groups is 1. The second kappa shape index (κ2) is 7.80. The first-order valence-electron chi connectivity index (χ1n) is 5.96. The van der Waals surface area contributed by atoms with E-state index in [1.807, 2.05) is 0 Å². The van der Waals surface area contributed by atoms with Crippen LogP contribution in [0.15, 0.2) is 0 Å². The molecule has 3 heteroatoms. The van der Waals surface area contributed by atoms with Crippen LogP contribution < -0.4 is 0 Å². The van der Waals surface area contributed by atoms with Crippen molar-refractivity contribution in [3.05, 3.63) is 0 Å². The first-order valence-corrected chi connectivity index (χ1v) is 5.96. The van der Waals surface area contributed by atoms with Crippen LogP contribution in [-0.4, -0.2) is 32.7 Å². The van der Waals surface area contributed by atoms with Gasteiger partial charge in [0.1, 0.15) is 6.61 Å². The Morgan fingerprint density at radius 1 is 1.31 bits per heavy atom. The van der Waals surface area contributed by atoms with Crippen LogP contribution in [0.4, 0.5) is 0 Å². The van der Waals surface area contributed by atoms with Gasteiger partial charge in [-0.25, -0.2) is 0 Å². The largest absolute Gasteiger partial charge is 0.381 e. The maximum absolute atomic E-state index is 11.1. The molecular formula is C13H26O3. The predicted molar refractivity (Wildman–Crippen MR) is 65.6 cm³/mol. The molecule has 0 spiro atoms. The fourth-order valence-corrected chi connectivity index (χ4v) is 1.11. The molecule has 0 radical (unpaired) electrons. The SMILES string of the molecule is COCC(=O)CCCOCC(C)C(C)(C)C. The van der Waals surface area contributed by atoms with E-state index in [2.05, 4.69) is 27.7 Å². The molecule has 0 amide bonds. The second-order valence-electron chi connectivity index (χ2n) is 5.42. The van der Waals surface area contributed by atoms with Gasteiger partial charge in [-0.15, -0.1) is 0 Å². The Bertz CT molecular complexity index is 194. The molecule has 1 atom stereocenters. The van der Waals surface area contributed by atoms with E-state index in [-0.39, 0.29) is 17.8 Å². The molecule has 0 bridgehead atoms. The van der Waals surface area contributed by atoms with Gasteiger partial charge in [-0.2, -0.15) is 0 Å². The van der Waals surface area contributed by atoms with Crippen LogP contribution in [0.2, 0.25) is 0 Å². The number of hydrogen-bond acceptors (Lipinski definition) is 3. The van der Waals surface area contributed by atoms with Gasteiger partial charge in [-0.1, -0.05) is 27.7 Å². The molecule has 0 heterocycles. The molecule has 0 saturated carbocycles. The third-order valence-electron chi connectivity index (χ3n) is 2.90. The zero-order valence-corrected chi connectivity index (χ0v) is 11.3. The quantitative estimate of drug-likeness (QED) is 0.601. The third kappa shape index (κ3) is 7.83. The molecule has 0 saturated heterocycles. The van der Waals surface area contributed by atoms with E-state index in [1.165, 1.54) is 0 Å². The van der Waals surface area contributed by atoms with E-state index in [0.29, 0.717) is 18.9 Å². The summed E-state index contributed by atoms with van der Waals surface area (Å²) < 4.78 is 10.3. The van der Waals surface area contributed by atoms with E-state index >= 15 is 0 Å². The highest BCUT2D eigenvalue weighted by atomic mass is 16.5. The summed E-state index contributed by atoms with van der Waals surface area (Å²) in [5.41, 5.74) is 0.284. The fourth-order valence-electron chi connectivity index (χ4n) is 1.11. The molecule has 0 rings (SSSR count). The van der Waals surface area contributed by atoms with Crippen molar-refractivity contribution in [2.75, 3.05) is 26.9 Å². The molecule has 0 aromatic heterocycles. The summed E-state index contributed by atoms with van der Waals surface area (Å²) in [5, 5.41) is 0. The lowest BCUT2D eigenvalue weighted by atomic mass is 9.83. The van der Waals surface area contributed by atoms with Gasteiger partial charge in [-0.05, 0) is 17.8 Å². The lowest BCUT2D eigenvalue weighted by molar-refractivity contribution is -0.123. The number of ketones is 1. The van der Waals surface area contributed by atoms with Gasteiger partial charge >= 0.3 is 0 Å².